The van der Waals surface area contributed by atoms with E-state index < -0.39 is 11.5 Å². The second-order valence-electron chi connectivity index (χ2n) is 5.47. The van der Waals surface area contributed by atoms with Crippen LogP contribution in [0.1, 0.15) is 32.1 Å². The van der Waals surface area contributed by atoms with Crippen molar-refractivity contribution in [3.63, 3.8) is 0 Å². The van der Waals surface area contributed by atoms with Gasteiger partial charge in [-0.15, -0.1) is 0 Å². The van der Waals surface area contributed by atoms with Crippen molar-refractivity contribution in [2.24, 2.45) is 5.92 Å². The van der Waals surface area contributed by atoms with E-state index in [1.807, 2.05) is 6.07 Å². The molecule has 0 radical (unpaired) electrons. The molecule has 1 aromatic rings. The van der Waals surface area contributed by atoms with Crippen LogP contribution in [-0.2, 0) is 14.3 Å². The summed E-state index contributed by atoms with van der Waals surface area (Å²) in [5.41, 5.74) is -0.00532. The molecule has 3 rings (SSSR count). The van der Waals surface area contributed by atoms with Crippen molar-refractivity contribution in [1.82, 2.24) is 0 Å². The van der Waals surface area contributed by atoms with Gasteiger partial charge in [-0.25, -0.2) is 0 Å². The summed E-state index contributed by atoms with van der Waals surface area (Å²) in [6.45, 7) is 0. The van der Waals surface area contributed by atoms with Crippen LogP contribution in [0.2, 0.25) is 5.02 Å². The van der Waals surface area contributed by atoms with Crippen molar-refractivity contribution >= 4 is 29.2 Å². The second-order valence-corrected chi connectivity index (χ2v) is 5.88. The van der Waals surface area contributed by atoms with Gasteiger partial charge in [0.1, 0.15) is 5.60 Å². The third kappa shape index (κ3) is 2.29. The summed E-state index contributed by atoms with van der Waals surface area (Å²) in [5.74, 6) is -0.856. The fourth-order valence-corrected chi connectivity index (χ4v) is 3.41. The first-order valence-corrected chi connectivity index (χ1v) is 7.26. The third-order valence-corrected chi connectivity index (χ3v) is 4.55. The molecule has 0 unspecified atom stereocenters. The Morgan fingerprint density at radius 1 is 1.30 bits per heavy atom. The number of ether oxygens (including phenoxy) is 1. The van der Waals surface area contributed by atoms with Gasteiger partial charge >= 0.3 is 5.97 Å². The topological polar surface area (TPSA) is 55.4 Å². The maximum atomic E-state index is 12.5. The third-order valence-electron chi connectivity index (χ3n) is 4.22. The normalized spacial score (nSPS) is 23.9. The summed E-state index contributed by atoms with van der Waals surface area (Å²) in [6, 6.07) is 7.08. The first-order valence-electron chi connectivity index (χ1n) is 6.88. The van der Waals surface area contributed by atoms with Gasteiger partial charge in [-0.2, -0.15) is 0 Å². The van der Waals surface area contributed by atoms with Gasteiger partial charge < -0.3 is 10.1 Å². The Balaban J connectivity index is 1.80. The summed E-state index contributed by atoms with van der Waals surface area (Å²) in [6.07, 6.45) is 3.72. The van der Waals surface area contributed by atoms with Crippen molar-refractivity contribution in [1.29, 1.82) is 0 Å². The Morgan fingerprint density at radius 3 is 2.70 bits per heavy atom. The number of carbonyl (C=O) groups is 2. The molecule has 1 saturated carbocycles. The van der Waals surface area contributed by atoms with Gasteiger partial charge in [0.15, 0.2) is 0 Å². The van der Waals surface area contributed by atoms with Crippen LogP contribution < -0.4 is 5.32 Å². The summed E-state index contributed by atoms with van der Waals surface area (Å²) < 4.78 is 5.48. The molecule has 1 aliphatic carbocycles. The molecule has 20 heavy (non-hydrogen) atoms. The van der Waals surface area contributed by atoms with Gasteiger partial charge in [-0.05, 0) is 37.8 Å². The Morgan fingerprint density at radius 2 is 2.00 bits per heavy atom. The van der Waals surface area contributed by atoms with E-state index in [-0.39, 0.29) is 18.3 Å². The molecular formula is C15H16ClNO3. The number of para-hydroxylation sites is 1. The van der Waals surface area contributed by atoms with E-state index in [0.717, 1.165) is 25.7 Å². The Labute approximate surface area is 122 Å². The summed E-state index contributed by atoms with van der Waals surface area (Å²) >= 11 is 6.04. The lowest BCUT2D eigenvalue weighted by molar-refractivity contribution is -0.149. The first-order chi connectivity index (χ1) is 9.61. The number of anilines is 1. The van der Waals surface area contributed by atoms with Gasteiger partial charge in [0.05, 0.1) is 23.0 Å². The molecule has 106 valence electrons. The van der Waals surface area contributed by atoms with Crippen molar-refractivity contribution in [3.05, 3.63) is 29.3 Å². The minimum absolute atomic E-state index is 0.163. The lowest BCUT2D eigenvalue weighted by Crippen LogP contribution is -2.39. The standard InChI is InChI=1S/C15H16ClNO3/c16-11-5-1-2-6-12(11)17-14(19)10-9-13(18)20-15(10)7-3-4-8-15/h1-2,5-6,10H,3-4,7-9H2,(H,17,19)/t10-/m1/s1. The minimum atomic E-state index is -0.581. The smallest absolute Gasteiger partial charge is 0.307 e. The van der Waals surface area contributed by atoms with Crippen LogP contribution >= 0.6 is 11.6 Å². The molecule has 1 saturated heterocycles. The van der Waals surface area contributed by atoms with Gasteiger partial charge in [0.25, 0.3) is 0 Å². The van der Waals surface area contributed by atoms with Crippen LogP contribution in [0, 0.1) is 5.92 Å². The van der Waals surface area contributed by atoms with Gasteiger partial charge in [-0.3, -0.25) is 9.59 Å². The Hall–Kier alpha value is -1.55. The van der Waals surface area contributed by atoms with Gasteiger partial charge in [0.2, 0.25) is 5.91 Å². The van der Waals surface area contributed by atoms with Crippen molar-refractivity contribution in [2.45, 2.75) is 37.7 Å². The summed E-state index contributed by atoms with van der Waals surface area (Å²) in [5, 5.41) is 3.31. The summed E-state index contributed by atoms with van der Waals surface area (Å²) in [7, 11) is 0. The number of amides is 1. The highest BCUT2D eigenvalue weighted by molar-refractivity contribution is 6.33. The SMILES string of the molecule is O=C1C[C@H](C(=O)Nc2ccccc2Cl)C2(CCCC2)O1. The molecular weight excluding hydrogens is 278 g/mol. The largest absolute Gasteiger partial charge is 0.458 e. The highest BCUT2D eigenvalue weighted by Crippen LogP contribution is 2.46. The number of rotatable bonds is 2. The number of hydrogen-bond acceptors (Lipinski definition) is 3. The molecule has 0 bridgehead atoms. The van der Waals surface area contributed by atoms with Crippen molar-refractivity contribution in [3.8, 4) is 0 Å². The van der Waals surface area contributed by atoms with Gasteiger partial charge in [-0.1, -0.05) is 23.7 Å². The quantitative estimate of drug-likeness (QED) is 0.852. The number of hydrogen-bond donors (Lipinski definition) is 1. The number of benzene rings is 1. The predicted molar refractivity (Wildman–Crippen MR) is 75.5 cm³/mol. The number of halogens is 1. The van der Waals surface area contributed by atoms with E-state index in [1.165, 1.54) is 0 Å². The zero-order chi connectivity index (χ0) is 14.2. The highest BCUT2D eigenvalue weighted by atomic mass is 35.5. The molecule has 1 aromatic carbocycles. The molecule has 1 spiro atoms. The van der Waals surface area contributed by atoms with Crippen molar-refractivity contribution < 1.29 is 14.3 Å². The second kappa shape index (κ2) is 5.09. The lowest BCUT2D eigenvalue weighted by Gasteiger charge is -2.28. The summed E-state index contributed by atoms with van der Waals surface area (Å²) in [4.78, 5) is 24.1. The molecule has 2 aliphatic rings. The van der Waals surface area contributed by atoms with Crippen LogP contribution in [0.3, 0.4) is 0 Å². The van der Waals surface area contributed by atoms with E-state index in [4.69, 9.17) is 16.3 Å². The lowest BCUT2D eigenvalue weighted by atomic mass is 9.85. The Bertz CT molecular complexity index is 552. The van der Waals surface area contributed by atoms with E-state index in [0.29, 0.717) is 10.7 Å². The molecule has 4 nitrogen and oxygen atoms in total. The fourth-order valence-electron chi connectivity index (χ4n) is 3.23. The van der Waals surface area contributed by atoms with Crippen LogP contribution in [0.15, 0.2) is 24.3 Å². The zero-order valence-corrected chi connectivity index (χ0v) is 11.8. The predicted octanol–water partition coefficient (Wildman–Crippen LogP) is 3.15. The van der Waals surface area contributed by atoms with E-state index in [9.17, 15) is 9.59 Å². The number of nitrogens with one attached hydrogen (secondary N) is 1. The van der Waals surface area contributed by atoms with Crippen LogP contribution in [-0.4, -0.2) is 17.5 Å². The minimum Gasteiger partial charge on any atom is -0.458 e. The monoisotopic (exact) mass is 293 g/mol. The Kier molecular flexibility index (Phi) is 3.42. The first kappa shape index (κ1) is 13.4. The highest BCUT2D eigenvalue weighted by Gasteiger charge is 2.53. The molecule has 0 aromatic heterocycles. The molecule has 1 amide bonds. The van der Waals surface area contributed by atoms with E-state index in [2.05, 4.69) is 5.32 Å². The molecule has 1 heterocycles. The molecule has 2 fully saturated rings. The van der Waals surface area contributed by atoms with E-state index in [1.54, 1.807) is 18.2 Å². The number of esters is 1. The average molecular weight is 294 g/mol. The molecule has 5 heteroatoms. The van der Waals surface area contributed by atoms with Crippen LogP contribution in [0.25, 0.3) is 0 Å². The van der Waals surface area contributed by atoms with Gasteiger partial charge in [0, 0.05) is 0 Å². The average Bonchev–Trinajstić information content (AvgIpc) is 3.00. The fraction of sp³-hybridized carbons (Fsp3) is 0.467. The zero-order valence-electron chi connectivity index (χ0n) is 11.0. The maximum absolute atomic E-state index is 12.5. The molecule has 1 atom stereocenters. The van der Waals surface area contributed by atoms with Crippen LogP contribution in [0.5, 0.6) is 0 Å². The number of carbonyl (C=O) groups excluding carboxylic acids is 2. The molecule has 1 N–H and O–H groups in total. The van der Waals surface area contributed by atoms with Crippen LogP contribution in [0.4, 0.5) is 5.69 Å². The maximum Gasteiger partial charge on any atom is 0.307 e. The van der Waals surface area contributed by atoms with E-state index >= 15 is 0 Å². The van der Waals surface area contributed by atoms with Crippen molar-refractivity contribution in [2.75, 3.05) is 5.32 Å². The molecule has 1 aliphatic heterocycles.